The lowest BCUT2D eigenvalue weighted by molar-refractivity contribution is -0.161. The zero-order valence-corrected chi connectivity index (χ0v) is 20.1. The van der Waals surface area contributed by atoms with Crippen LogP contribution in [0.25, 0.3) is 0 Å². The second kappa shape index (κ2) is 9.24. The minimum Gasteiger partial charge on any atom is -0.459 e. The van der Waals surface area contributed by atoms with Crippen molar-refractivity contribution in [3.63, 3.8) is 0 Å². The standard InChI is InChI=1S/C20H31BrO3S2/c1-14(22)25-13-19(5,6)11-8-12-20(7,15-9-10-16(21)26-15)17(23)24-18(2,3)4/h9-10H,8,11-13H2,1-7H3. The first-order chi connectivity index (χ1) is 11.8. The van der Waals surface area contributed by atoms with Gasteiger partial charge < -0.3 is 4.74 Å². The third kappa shape index (κ3) is 7.73. The summed E-state index contributed by atoms with van der Waals surface area (Å²) in [5.74, 6) is 0.631. The molecule has 0 saturated heterocycles. The van der Waals surface area contributed by atoms with Gasteiger partial charge in [-0.1, -0.05) is 32.0 Å². The Balaban J connectivity index is 2.87. The summed E-state index contributed by atoms with van der Waals surface area (Å²) in [7, 11) is 0. The summed E-state index contributed by atoms with van der Waals surface area (Å²) in [6.45, 7) is 13.6. The highest BCUT2D eigenvalue weighted by molar-refractivity contribution is 9.11. The predicted octanol–water partition coefficient (Wildman–Crippen LogP) is 6.59. The molecule has 1 aromatic rings. The minimum atomic E-state index is -0.659. The van der Waals surface area contributed by atoms with Crippen molar-refractivity contribution < 1.29 is 14.3 Å². The van der Waals surface area contributed by atoms with Crippen LogP contribution in [0.1, 0.15) is 72.6 Å². The van der Waals surface area contributed by atoms with E-state index in [0.29, 0.717) is 0 Å². The Labute approximate surface area is 174 Å². The lowest BCUT2D eigenvalue weighted by atomic mass is 9.80. The molecule has 0 bridgehead atoms. The fourth-order valence-electron chi connectivity index (χ4n) is 2.62. The van der Waals surface area contributed by atoms with Crippen molar-refractivity contribution in [2.24, 2.45) is 5.41 Å². The third-order valence-electron chi connectivity index (χ3n) is 4.16. The summed E-state index contributed by atoms with van der Waals surface area (Å²) in [6.07, 6.45) is 2.58. The molecule has 1 atom stereocenters. The van der Waals surface area contributed by atoms with Crippen LogP contribution in [0.15, 0.2) is 15.9 Å². The molecular formula is C20H31BrO3S2. The number of hydrogen-bond donors (Lipinski definition) is 0. The first-order valence-electron chi connectivity index (χ1n) is 8.88. The van der Waals surface area contributed by atoms with Crippen LogP contribution < -0.4 is 0 Å². The number of halogens is 1. The van der Waals surface area contributed by atoms with Crippen LogP contribution in [0.3, 0.4) is 0 Å². The highest BCUT2D eigenvalue weighted by atomic mass is 79.9. The van der Waals surface area contributed by atoms with E-state index in [4.69, 9.17) is 4.74 Å². The molecule has 0 aliphatic heterocycles. The Morgan fingerprint density at radius 3 is 2.19 bits per heavy atom. The van der Waals surface area contributed by atoms with Crippen LogP contribution in [-0.4, -0.2) is 22.4 Å². The Kier molecular flexibility index (Phi) is 8.43. The van der Waals surface area contributed by atoms with Crippen molar-refractivity contribution >= 4 is 50.1 Å². The van der Waals surface area contributed by atoms with E-state index >= 15 is 0 Å². The zero-order chi connectivity index (χ0) is 20.2. The first-order valence-corrected chi connectivity index (χ1v) is 11.5. The van der Waals surface area contributed by atoms with E-state index in [1.165, 1.54) is 11.8 Å². The van der Waals surface area contributed by atoms with E-state index in [2.05, 4.69) is 29.8 Å². The summed E-state index contributed by atoms with van der Waals surface area (Å²) in [4.78, 5) is 25.2. The molecule has 0 fully saturated rings. The molecule has 1 aromatic heterocycles. The van der Waals surface area contributed by atoms with Gasteiger partial charge >= 0.3 is 5.97 Å². The SMILES string of the molecule is CC(=O)SCC(C)(C)CCCC(C)(C(=O)OC(C)(C)C)c1ccc(Br)s1. The van der Waals surface area contributed by atoms with Gasteiger partial charge in [-0.25, -0.2) is 0 Å². The van der Waals surface area contributed by atoms with Crippen LogP contribution in [0.4, 0.5) is 0 Å². The maximum Gasteiger partial charge on any atom is 0.317 e. The maximum atomic E-state index is 13.0. The van der Waals surface area contributed by atoms with Gasteiger partial charge in [0.2, 0.25) is 0 Å². The normalized spacial score (nSPS) is 14.8. The molecule has 1 rings (SSSR count). The number of rotatable bonds is 8. The van der Waals surface area contributed by atoms with Crippen LogP contribution in [-0.2, 0) is 19.7 Å². The number of thioether (sulfide) groups is 1. The summed E-state index contributed by atoms with van der Waals surface area (Å²) in [5.41, 5.74) is -1.11. The van der Waals surface area contributed by atoms with Crippen molar-refractivity contribution in [3.05, 3.63) is 20.8 Å². The quantitative estimate of drug-likeness (QED) is 0.408. The van der Waals surface area contributed by atoms with E-state index in [1.807, 2.05) is 39.8 Å². The van der Waals surface area contributed by atoms with Crippen molar-refractivity contribution in [3.8, 4) is 0 Å². The predicted molar refractivity (Wildman–Crippen MR) is 116 cm³/mol. The average molecular weight is 464 g/mol. The number of hydrogen-bond acceptors (Lipinski definition) is 5. The van der Waals surface area contributed by atoms with Gasteiger partial charge in [-0.15, -0.1) is 11.3 Å². The van der Waals surface area contributed by atoms with Gasteiger partial charge in [0.15, 0.2) is 5.12 Å². The smallest absolute Gasteiger partial charge is 0.317 e. The fraction of sp³-hybridized carbons (Fsp3) is 0.700. The minimum absolute atomic E-state index is 0.0568. The van der Waals surface area contributed by atoms with Crippen LogP contribution >= 0.6 is 39.0 Å². The molecule has 0 radical (unpaired) electrons. The van der Waals surface area contributed by atoms with E-state index in [-0.39, 0.29) is 16.5 Å². The molecule has 6 heteroatoms. The van der Waals surface area contributed by atoms with E-state index in [0.717, 1.165) is 33.7 Å². The Morgan fingerprint density at radius 2 is 1.73 bits per heavy atom. The molecular weight excluding hydrogens is 432 g/mol. The summed E-state index contributed by atoms with van der Waals surface area (Å²) in [6, 6.07) is 3.99. The topological polar surface area (TPSA) is 43.4 Å². The fourth-order valence-corrected chi connectivity index (χ4v) is 4.90. The molecule has 3 nitrogen and oxygen atoms in total. The molecule has 0 aliphatic rings. The van der Waals surface area contributed by atoms with Gasteiger partial charge in [0, 0.05) is 17.6 Å². The third-order valence-corrected chi connectivity index (χ3v) is 7.38. The van der Waals surface area contributed by atoms with Crippen LogP contribution in [0, 0.1) is 5.41 Å². The summed E-state index contributed by atoms with van der Waals surface area (Å²) in [5, 5.41) is 0.153. The lowest BCUT2D eigenvalue weighted by Gasteiger charge is -2.32. The largest absolute Gasteiger partial charge is 0.459 e. The monoisotopic (exact) mass is 462 g/mol. The highest BCUT2D eigenvalue weighted by Crippen LogP contribution is 2.40. The molecule has 0 saturated carbocycles. The Morgan fingerprint density at radius 1 is 1.12 bits per heavy atom. The van der Waals surface area contributed by atoms with Gasteiger partial charge in [-0.2, -0.15) is 0 Å². The molecule has 0 N–H and O–H groups in total. The second-order valence-electron chi connectivity index (χ2n) is 8.74. The number of esters is 1. The lowest BCUT2D eigenvalue weighted by Crippen LogP contribution is -2.38. The first kappa shape index (κ1) is 23.7. The van der Waals surface area contributed by atoms with Gasteiger partial charge in [-0.3, -0.25) is 9.59 Å². The van der Waals surface area contributed by atoms with Crippen molar-refractivity contribution in [1.29, 1.82) is 0 Å². The van der Waals surface area contributed by atoms with Gasteiger partial charge in [0.1, 0.15) is 5.60 Å². The molecule has 1 heterocycles. The number of thiophene rings is 1. The number of ether oxygens (including phenoxy) is 1. The van der Waals surface area contributed by atoms with Crippen molar-refractivity contribution in [2.75, 3.05) is 5.75 Å². The van der Waals surface area contributed by atoms with Gasteiger partial charge in [0.05, 0.1) is 9.20 Å². The highest BCUT2D eigenvalue weighted by Gasteiger charge is 2.40. The number of carbonyl (C=O) groups excluding carboxylic acids is 2. The summed E-state index contributed by atoms with van der Waals surface area (Å²) >= 11 is 6.46. The molecule has 0 amide bonds. The van der Waals surface area contributed by atoms with E-state index in [1.54, 1.807) is 18.3 Å². The molecule has 0 spiro atoms. The second-order valence-corrected chi connectivity index (χ2v) is 12.4. The molecule has 26 heavy (non-hydrogen) atoms. The molecule has 0 aliphatic carbocycles. The Bertz CT molecular complexity index is 631. The zero-order valence-electron chi connectivity index (χ0n) is 16.9. The maximum absolute atomic E-state index is 13.0. The molecule has 0 aromatic carbocycles. The average Bonchev–Trinajstić information content (AvgIpc) is 2.90. The number of carbonyl (C=O) groups is 2. The van der Waals surface area contributed by atoms with Gasteiger partial charge in [-0.05, 0) is 74.0 Å². The molecule has 148 valence electrons. The van der Waals surface area contributed by atoms with E-state index < -0.39 is 11.0 Å². The molecule has 1 unspecified atom stereocenters. The van der Waals surface area contributed by atoms with Crippen molar-refractivity contribution in [1.82, 2.24) is 0 Å². The van der Waals surface area contributed by atoms with Crippen molar-refractivity contribution in [2.45, 2.75) is 78.7 Å². The van der Waals surface area contributed by atoms with E-state index in [9.17, 15) is 9.59 Å². The van der Waals surface area contributed by atoms with Crippen LogP contribution in [0.2, 0.25) is 0 Å². The van der Waals surface area contributed by atoms with Crippen LogP contribution in [0.5, 0.6) is 0 Å². The Hall–Kier alpha value is -0.330. The summed E-state index contributed by atoms with van der Waals surface area (Å²) < 4.78 is 6.75. The van der Waals surface area contributed by atoms with Gasteiger partial charge in [0.25, 0.3) is 0 Å².